The molecule has 0 bridgehead atoms. The summed E-state index contributed by atoms with van der Waals surface area (Å²) in [6.07, 6.45) is 1.43. The van der Waals surface area contributed by atoms with E-state index >= 15 is 0 Å². The Balaban J connectivity index is 2.10. The summed E-state index contributed by atoms with van der Waals surface area (Å²) in [5.74, 6) is 0. The van der Waals surface area contributed by atoms with Crippen molar-refractivity contribution in [2.75, 3.05) is 11.9 Å². The molecule has 0 saturated carbocycles. The van der Waals surface area contributed by atoms with E-state index in [1.165, 1.54) is 16.8 Å². The molecule has 1 fully saturated rings. The van der Waals surface area contributed by atoms with Crippen molar-refractivity contribution in [1.29, 1.82) is 0 Å². The van der Waals surface area contributed by atoms with Gasteiger partial charge in [0.05, 0.1) is 12.1 Å². The topological polar surface area (TPSA) is 21.3 Å². The number of aryl methyl sites for hydroxylation is 2. The molecule has 82 valence electrons. The van der Waals surface area contributed by atoms with Gasteiger partial charge < -0.3 is 10.1 Å². The molecule has 2 nitrogen and oxygen atoms in total. The van der Waals surface area contributed by atoms with Crippen LogP contribution in [-0.2, 0) is 4.74 Å². The van der Waals surface area contributed by atoms with Gasteiger partial charge in [-0.25, -0.2) is 0 Å². The molecule has 1 aromatic rings. The van der Waals surface area contributed by atoms with Crippen molar-refractivity contribution in [2.45, 2.75) is 39.3 Å². The van der Waals surface area contributed by atoms with Gasteiger partial charge in [0.1, 0.15) is 0 Å². The second-order valence-electron chi connectivity index (χ2n) is 4.43. The molecule has 15 heavy (non-hydrogen) atoms. The molecular formula is C13H19NO. The van der Waals surface area contributed by atoms with E-state index in [4.69, 9.17) is 4.74 Å². The minimum absolute atomic E-state index is 0.325. The molecule has 0 radical (unpaired) electrons. The first-order valence-electron chi connectivity index (χ1n) is 5.62. The first kappa shape index (κ1) is 10.5. The second-order valence-corrected chi connectivity index (χ2v) is 4.43. The normalized spacial score (nSPS) is 25.5. The van der Waals surface area contributed by atoms with Gasteiger partial charge in [0, 0.05) is 12.3 Å². The molecule has 0 aliphatic carbocycles. The number of hydrogen-bond donors (Lipinski definition) is 1. The summed E-state index contributed by atoms with van der Waals surface area (Å²) in [6, 6.07) is 6.99. The summed E-state index contributed by atoms with van der Waals surface area (Å²) >= 11 is 0. The predicted octanol–water partition coefficient (Wildman–Crippen LogP) is 2.89. The molecule has 0 unspecified atom stereocenters. The third-order valence-electron chi connectivity index (χ3n) is 3.10. The van der Waals surface area contributed by atoms with Crippen molar-refractivity contribution in [2.24, 2.45) is 0 Å². The molecule has 0 aromatic heterocycles. The fraction of sp³-hybridized carbons (Fsp3) is 0.538. The number of rotatable bonds is 2. The molecule has 2 rings (SSSR count). The van der Waals surface area contributed by atoms with Crippen LogP contribution in [0.2, 0.25) is 0 Å². The van der Waals surface area contributed by atoms with Gasteiger partial charge in [-0.15, -0.1) is 0 Å². The monoisotopic (exact) mass is 205 g/mol. The van der Waals surface area contributed by atoms with Crippen molar-refractivity contribution in [3.8, 4) is 0 Å². The van der Waals surface area contributed by atoms with E-state index in [0.29, 0.717) is 12.1 Å². The van der Waals surface area contributed by atoms with E-state index in [1.54, 1.807) is 0 Å². The highest BCUT2D eigenvalue weighted by Crippen LogP contribution is 2.22. The van der Waals surface area contributed by atoms with E-state index < -0.39 is 0 Å². The number of nitrogens with one attached hydrogen (secondary N) is 1. The second kappa shape index (κ2) is 4.23. The van der Waals surface area contributed by atoms with E-state index in [9.17, 15) is 0 Å². The Morgan fingerprint density at radius 3 is 2.73 bits per heavy atom. The molecule has 1 saturated heterocycles. The highest BCUT2D eigenvalue weighted by atomic mass is 16.5. The van der Waals surface area contributed by atoms with Crippen LogP contribution in [0, 0.1) is 13.8 Å². The third kappa shape index (κ3) is 2.32. The predicted molar refractivity (Wildman–Crippen MR) is 63.4 cm³/mol. The van der Waals surface area contributed by atoms with Crippen LogP contribution in [0.4, 0.5) is 5.69 Å². The number of benzene rings is 1. The van der Waals surface area contributed by atoms with Crippen molar-refractivity contribution < 1.29 is 4.74 Å². The summed E-state index contributed by atoms with van der Waals surface area (Å²) in [7, 11) is 0. The molecular weight excluding hydrogens is 186 g/mol. The molecule has 2 heteroatoms. The summed E-state index contributed by atoms with van der Waals surface area (Å²) in [5, 5.41) is 3.56. The van der Waals surface area contributed by atoms with Gasteiger partial charge in [0.2, 0.25) is 0 Å². The van der Waals surface area contributed by atoms with Crippen molar-refractivity contribution in [3.05, 3.63) is 29.3 Å². The molecule has 1 aliphatic heterocycles. The van der Waals surface area contributed by atoms with Gasteiger partial charge in [0.15, 0.2) is 0 Å². The first-order valence-corrected chi connectivity index (χ1v) is 5.62. The first-order chi connectivity index (χ1) is 7.16. The van der Waals surface area contributed by atoms with E-state index in [1.807, 2.05) is 0 Å². The average Bonchev–Trinajstić information content (AvgIpc) is 2.57. The van der Waals surface area contributed by atoms with Gasteiger partial charge >= 0.3 is 0 Å². The minimum atomic E-state index is 0.325. The van der Waals surface area contributed by atoms with Crippen molar-refractivity contribution in [3.63, 3.8) is 0 Å². The smallest absolute Gasteiger partial charge is 0.0748 e. The van der Waals surface area contributed by atoms with Gasteiger partial charge in [-0.1, -0.05) is 17.7 Å². The molecule has 1 N–H and O–H groups in total. The molecule has 1 heterocycles. The Kier molecular flexibility index (Phi) is 2.96. The third-order valence-corrected chi connectivity index (χ3v) is 3.10. The Labute approximate surface area is 91.6 Å². The standard InChI is InChI=1S/C13H19NO/c1-9-4-5-12(10(2)8-9)14-13-6-7-15-11(13)3/h4-5,8,11,13-14H,6-7H2,1-3H3/t11-,13+/m0/s1. The fourth-order valence-corrected chi connectivity index (χ4v) is 2.10. The van der Waals surface area contributed by atoms with Crippen LogP contribution in [0.5, 0.6) is 0 Å². The van der Waals surface area contributed by atoms with Gasteiger partial charge in [-0.3, -0.25) is 0 Å². The van der Waals surface area contributed by atoms with Crippen LogP contribution in [0.15, 0.2) is 18.2 Å². The van der Waals surface area contributed by atoms with Crippen LogP contribution < -0.4 is 5.32 Å². The summed E-state index contributed by atoms with van der Waals surface area (Å²) in [6.45, 7) is 7.28. The molecule has 0 spiro atoms. The molecule has 2 atom stereocenters. The maximum Gasteiger partial charge on any atom is 0.0748 e. The highest BCUT2D eigenvalue weighted by molar-refractivity contribution is 5.52. The van der Waals surface area contributed by atoms with Gasteiger partial charge in [-0.05, 0) is 38.8 Å². The van der Waals surface area contributed by atoms with Crippen LogP contribution in [0.25, 0.3) is 0 Å². The average molecular weight is 205 g/mol. The van der Waals surface area contributed by atoms with Crippen LogP contribution >= 0.6 is 0 Å². The van der Waals surface area contributed by atoms with E-state index in [2.05, 4.69) is 44.3 Å². The number of hydrogen-bond acceptors (Lipinski definition) is 2. The van der Waals surface area contributed by atoms with Crippen molar-refractivity contribution >= 4 is 5.69 Å². The van der Waals surface area contributed by atoms with Crippen LogP contribution in [-0.4, -0.2) is 18.8 Å². The lowest BCUT2D eigenvalue weighted by Gasteiger charge is -2.19. The maximum absolute atomic E-state index is 5.54. The van der Waals surface area contributed by atoms with E-state index in [-0.39, 0.29) is 0 Å². The lowest BCUT2D eigenvalue weighted by Crippen LogP contribution is -2.26. The molecule has 0 amide bonds. The largest absolute Gasteiger partial charge is 0.379 e. The zero-order valence-electron chi connectivity index (χ0n) is 9.71. The molecule has 1 aromatic carbocycles. The van der Waals surface area contributed by atoms with Crippen molar-refractivity contribution in [1.82, 2.24) is 0 Å². The lowest BCUT2D eigenvalue weighted by atomic mass is 10.1. The van der Waals surface area contributed by atoms with Gasteiger partial charge in [0.25, 0.3) is 0 Å². The lowest BCUT2D eigenvalue weighted by molar-refractivity contribution is 0.121. The zero-order valence-corrected chi connectivity index (χ0v) is 9.71. The fourth-order valence-electron chi connectivity index (χ4n) is 2.10. The Bertz CT molecular complexity index is 348. The van der Waals surface area contributed by atoms with Gasteiger partial charge in [-0.2, -0.15) is 0 Å². The van der Waals surface area contributed by atoms with Crippen LogP contribution in [0.3, 0.4) is 0 Å². The minimum Gasteiger partial charge on any atom is -0.379 e. The van der Waals surface area contributed by atoms with Crippen LogP contribution in [0.1, 0.15) is 24.5 Å². The summed E-state index contributed by atoms with van der Waals surface area (Å²) in [4.78, 5) is 0. The maximum atomic E-state index is 5.54. The zero-order chi connectivity index (χ0) is 10.8. The highest BCUT2D eigenvalue weighted by Gasteiger charge is 2.23. The quantitative estimate of drug-likeness (QED) is 0.801. The Morgan fingerprint density at radius 1 is 1.33 bits per heavy atom. The SMILES string of the molecule is Cc1ccc(N[C@@H]2CCO[C@H]2C)c(C)c1. The molecule has 1 aliphatic rings. The van der Waals surface area contributed by atoms with E-state index in [0.717, 1.165) is 13.0 Å². The Morgan fingerprint density at radius 2 is 2.13 bits per heavy atom. The summed E-state index contributed by atoms with van der Waals surface area (Å²) in [5.41, 5.74) is 3.87. The number of ether oxygens (including phenoxy) is 1. The number of anilines is 1. The summed E-state index contributed by atoms with van der Waals surface area (Å²) < 4.78 is 5.54. The Hall–Kier alpha value is -1.02.